The Morgan fingerprint density at radius 2 is 1.55 bits per heavy atom. The van der Waals surface area contributed by atoms with Crippen molar-refractivity contribution >= 4 is 0 Å². The van der Waals surface area contributed by atoms with Crippen molar-refractivity contribution < 1.29 is 9.47 Å². The molecule has 0 fully saturated rings. The molecule has 1 N–H and O–H groups in total. The van der Waals surface area contributed by atoms with Crippen LogP contribution < -0.4 is 10.1 Å². The van der Waals surface area contributed by atoms with Crippen LogP contribution in [0.25, 0.3) is 0 Å². The van der Waals surface area contributed by atoms with Crippen LogP contribution in [0.5, 0.6) is 11.5 Å². The summed E-state index contributed by atoms with van der Waals surface area (Å²) < 4.78 is 11.3. The van der Waals surface area contributed by atoms with Crippen molar-refractivity contribution in [3.05, 3.63) is 60.2 Å². The SMILES string of the molecule is CNCCOCCc1ccc(Oc2ccccc2)cc1. The van der Waals surface area contributed by atoms with Crippen LogP contribution in [0.1, 0.15) is 5.56 Å². The number of rotatable bonds is 8. The Balaban J connectivity index is 1.78. The first-order valence-corrected chi connectivity index (χ1v) is 6.92. The summed E-state index contributed by atoms with van der Waals surface area (Å²) in [7, 11) is 1.93. The van der Waals surface area contributed by atoms with E-state index in [2.05, 4.69) is 17.4 Å². The first-order chi connectivity index (χ1) is 9.88. The number of likely N-dealkylation sites (N-methyl/N-ethyl adjacent to an activating group) is 1. The van der Waals surface area contributed by atoms with E-state index < -0.39 is 0 Å². The van der Waals surface area contributed by atoms with Crippen molar-refractivity contribution in [2.75, 3.05) is 26.8 Å². The van der Waals surface area contributed by atoms with Crippen molar-refractivity contribution in [3.63, 3.8) is 0 Å². The molecule has 3 nitrogen and oxygen atoms in total. The summed E-state index contributed by atoms with van der Waals surface area (Å²) in [5.74, 6) is 1.71. The van der Waals surface area contributed by atoms with E-state index in [9.17, 15) is 0 Å². The molecule has 0 spiro atoms. The maximum atomic E-state index is 5.75. The maximum Gasteiger partial charge on any atom is 0.127 e. The van der Waals surface area contributed by atoms with Gasteiger partial charge in [-0.25, -0.2) is 0 Å². The number of benzene rings is 2. The van der Waals surface area contributed by atoms with Gasteiger partial charge in [0.2, 0.25) is 0 Å². The van der Waals surface area contributed by atoms with Gasteiger partial charge in [-0.05, 0) is 43.3 Å². The van der Waals surface area contributed by atoms with Gasteiger partial charge in [-0.2, -0.15) is 0 Å². The predicted octanol–water partition coefficient (Wildman–Crippen LogP) is 3.26. The normalized spacial score (nSPS) is 10.4. The van der Waals surface area contributed by atoms with E-state index in [0.29, 0.717) is 0 Å². The fraction of sp³-hybridized carbons (Fsp3) is 0.294. The molecule has 0 bridgehead atoms. The fourth-order valence-electron chi connectivity index (χ4n) is 1.82. The van der Waals surface area contributed by atoms with Gasteiger partial charge in [0, 0.05) is 6.54 Å². The quantitative estimate of drug-likeness (QED) is 0.748. The van der Waals surface area contributed by atoms with Crippen LogP contribution in [-0.2, 0) is 11.2 Å². The zero-order valence-corrected chi connectivity index (χ0v) is 11.8. The minimum Gasteiger partial charge on any atom is -0.457 e. The third kappa shape index (κ3) is 5.03. The molecule has 20 heavy (non-hydrogen) atoms. The average Bonchev–Trinajstić information content (AvgIpc) is 2.50. The highest BCUT2D eigenvalue weighted by atomic mass is 16.5. The molecule has 0 aromatic heterocycles. The summed E-state index contributed by atoms with van der Waals surface area (Å²) in [6.45, 7) is 2.40. The second kappa shape index (κ2) is 8.35. The van der Waals surface area contributed by atoms with Gasteiger partial charge in [0.1, 0.15) is 11.5 Å². The molecular formula is C17H21NO2. The summed E-state index contributed by atoms with van der Waals surface area (Å²) in [5, 5.41) is 3.06. The Kier molecular flexibility index (Phi) is 6.08. The maximum absolute atomic E-state index is 5.75. The number of hydrogen-bond acceptors (Lipinski definition) is 3. The van der Waals surface area contributed by atoms with Crippen LogP contribution >= 0.6 is 0 Å². The largest absolute Gasteiger partial charge is 0.457 e. The molecule has 106 valence electrons. The molecule has 0 heterocycles. The lowest BCUT2D eigenvalue weighted by Gasteiger charge is -2.07. The lowest BCUT2D eigenvalue weighted by atomic mass is 10.1. The van der Waals surface area contributed by atoms with Crippen LogP contribution in [0, 0.1) is 0 Å². The molecule has 0 saturated heterocycles. The number of para-hydroxylation sites is 1. The Bertz CT molecular complexity index is 482. The summed E-state index contributed by atoms with van der Waals surface area (Å²) in [5.41, 5.74) is 1.26. The predicted molar refractivity (Wildman–Crippen MR) is 81.4 cm³/mol. The van der Waals surface area contributed by atoms with Gasteiger partial charge in [0.25, 0.3) is 0 Å². The highest BCUT2D eigenvalue weighted by molar-refractivity contribution is 5.32. The van der Waals surface area contributed by atoms with E-state index in [1.54, 1.807) is 0 Å². The van der Waals surface area contributed by atoms with Crippen LogP contribution in [0.4, 0.5) is 0 Å². The lowest BCUT2D eigenvalue weighted by molar-refractivity contribution is 0.140. The van der Waals surface area contributed by atoms with Crippen molar-refractivity contribution in [2.45, 2.75) is 6.42 Å². The standard InChI is InChI=1S/C17H21NO2/c1-18-12-14-19-13-11-15-7-9-17(10-8-15)20-16-5-3-2-4-6-16/h2-10,18H,11-14H2,1H3. The molecule has 0 amide bonds. The Labute approximate surface area is 120 Å². The highest BCUT2D eigenvalue weighted by Gasteiger charge is 1.98. The highest BCUT2D eigenvalue weighted by Crippen LogP contribution is 2.21. The summed E-state index contributed by atoms with van der Waals surface area (Å²) in [4.78, 5) is 0. The molecule has 0 aliphatic carbocycles. The van der Waals surface area contributed by atoms with Crippen LogP contribution in [0.2, 0.25) is 0 Å². The van der Waals surface area contributed by atoms with Gasteiger partial charge >= 0.3 is 0 Å². The van der Waals surface area contributed by atoms with Gasteiger partial charge < -0.3 is 14.8 Å². The third-order valence-corrected chi connectivity index (χ3v) is 2.93. The average molecular weight is 271 g/mol. The van der Waals surface area contributed by atoms with E-state index in [0.717, 1.165) is 37.7 Å². The molecule has 0 saturated carbocycles. The van der Waals surface area contributed by atoms with Crippen molar-refractivity contribution in [1.82, 2.24) is 5.32 Å². The molecule has 2 aromatic rings. The molecule has 0 aliphatic heterocycles. The van der Waals surface area contributed by atoms with E-state index in [-0.39, 0.29) is 0 Å². The smallest absolute Gasteiger partial charge is 0.127 e. The van der Waals surface area contributed by atoms with Crippen LogP contribution in [0.3, 0.4) is 0 Å². The molecule has 2 rings (SSSR count). The minimum atomic E-state index is 0.751. The van der Waals surface area contributed by atoms with Gasteiger partial charge in [-0.3, -0.25) is 0 Å². The van der Waals surface area contributed by atoms with Gasteiger partial charge in [0.05, 0.1) is 13.2 Å². The molecular weight excluding hydrogens is 250 g/mol. The van der Waals surface area contributed by atoms with E-state index in [1.165, 1.54) is 5.56 Å². The lowest BCUT2D eigenvalue weighted by Crippen LogP contribution is -2.15. The van der Waals surface area contributed by atoms with Gasteiger partial charge in [-0.15, -0.1) is 0 Å². The Morgan fingerprint density at radius 1 is 0.850 bits per heavy atom. The molecule has 0 radical (unpaired) electrons. The second-order valence-corrected chi connectivity index (χ2v) is 4.52. The number of hydrogen-bond donors (Lipinski definition) is 1. The van der Waals surface area contributed by atoms with Crippen molar-refractivity contribution in [2.24, 2.45) is 0 Å². The summed E-state index contributed by atoms with van der Waals surface area (Å²) in [6.07, 6.45) is 0.926. The van der Waals surface area contributed by atoms with Crippen molar-refractivity contribution in [3.8, 4) is 11.5 Å². The molecule has 2 aromatic carbocycles. The molecule has 0 unspecified atom stereocenters. The topological polar surface area (TPSA) is 30.5 Å². The Hall–Kier alpha value is -1.84. The molecule has 3 heteroatoms. The molecule has 0 atom stereocenters. The Morgan fingerprint density at radius 3 is 2.25 bits per heavy atom. The van der Waals surface area contributed by atoms with Gasteiger partial charge in [-0.1, -0.05) is 30.3 Å². The zero-order valence-electron chi connectivity index (χ0n) is 11.8. The van der Waals surface area contributed by atoms with Gasteiger partial charge in [0.15, 0.2) is 0 Å². The number of nitrogens with one attached hydrogen (secondary N) is 1. The van der Waals surface area contributed by atoms with E-state index in [1.807, 2.05) is 49.5 Å². The zero-order chi connectivity index (χ0) is 14.0. The third-order valence-electron chi connectivity index (χ3n) is 2.93. The van der Waals surface area contributed by atoms with Crippen LogP contribution in [0.15, 0.2) is 54.6 Å². The van der Waals surface area contributed by atoms with Crippen LogP contribution in [-0.4, -0.2) is 26.8 Å². The number of ether oxygens (including phenoxy) is 2. The molecule has 0 aliphatic rings. The monoisotopic (exact) mass is 271 g/mol. The summed E-state index contributed by atoms with van der Waals surface area (Å²) in [6, 6.07) is 18.0. The minimum absolute atomic E-state index is 0.751. The van der Waals surface area contributed by atoms with E-state index in [4.69, 9.17) is 9.47 Å². The second-order valence-electron chi connectivity index (χ2n) is 4.52. The first kappa shape index (κ1) is 14.6. The van der Waals surface area contributed by atoms with E-state index >= 15 is 0 Å². The fourth-order valence-corrected chi connectivity index (χ4v) is 1.82. The summed E-state index contributed by atoms with van der Waals surface area (Å²) >= 11 is 0. The first-order valence-electron chi connectivity index (χ1n) is 6.92. The van der Waals surface area contributed by atoms with Crippen molar-refractivity contribution in [1.29, 1.82) is 0 Å².